The fourth-order valence-electron chi connectivity index (χ4n) is 2.88. The smallest absolute Gasteiger partial charge is 0.191 e. The van der Waals surface area contributed by atoms with Gasteiger partial charge in [0.2, 0.25) is 0 Å². The second kappa shape index (κ2) is 12.5. The Morgan fingerprint density at radius 3 is 2.38 bits per heavy atom. The second-order valence-corrected chi connectivity index (χ2v) is 6.97. The number of morpholine rings is 1. The van der Waals surface area contributed by atoms with E-state index in [-0.39, 0.29) is 30.0 Å². The van der Waals surface area contributed by atoms with Gasteiger partial charge in [-0.2, -0.15) is 0 Å². The van der Waals surface area contributed by atoms with Crippen molar-refractivity contribution >= 4 is 29.9 Å². The van der Waals surface area contributed by atoms with Crippen LogP contribution >= 0.6 is 24.0 Å². The molecular weight excluding hydrogens is 439 g/mol. The highest BCUT2D eigenvalue weighted by molar-refractivity contribution is 14.0. The van der Waals surface area contributed by atoms with Crippen LogP contribution in [0.3, 0.4) is 0 Å². The fraction of sp³-hybridized carbons (Fsp3) is 0.650. The lowest BCUT2D eigenvalue weighted by Crippen LogP contribution is -2.45. The van der Waals surface area contributed by atoms with Gasteiger partial charge in [0.05, 0.1) is 25.8 Å². The third kappa shape index (κ3) is 7.40. The summed E-state index contributed by atoms with van der Waals surface area (Å²) in [6.45, 7) is 13.9. The zero-order valence-corrected chi connectivity index (χ0v) is 18.9. The van der Waals surface area contributed by atoms with Crippen molar-refractivity contribution in [3.05, 3.63) is 35.9 Å². The Morgan fingerprint density at radius 2 is 1.81 bits per heavy atom. The van der Waals surface area contributed by atoms with Gasteiger partial charge >= 0.3 is 0 Å². The van der Waals surface area contributed by atoms with E-state index in [9.17, 15) is 0 Å². The Labute approximate surface area is 176 Å². The van der Waals surface area contributed by atoms with Gasteiger partial charge in [-0.1, -0.05) is 44.2 Å². The molecule has 0 spiro atoms. The molecule has 1 aromatic carbocycles. The molecule has 1 fully saturated rings. The van der Waals surface area contributed by atoms with Crippen molar-refractivity contribution in [3.63, 3.8) is 0 Å². The summed E-state index contributed by atoms with van der Waals surface area (Å²) in [6.07, 6.45) is 0. The van der Waals surface area contributed by atoms with Crippen molar-refractivity contribution in [1.29, 1.82) is 0 Å². The van der Waals surface area contributed by atoms with Crippen LogP contribution in [0.5, 0.6) is 0 Å². The van der Waals surface area contributed by atoms with Gasteiger partial charge in [0.1, 0.15) is 0 Å². The van der Waals surface area contributed by atoms with Crippen LogP contribution in [0.1, 0.15) is 39.3 Å². The van der Waals surface area contributed by atoms with Crippen LogP contribution in [0.15, 0.2) is 35.3 Å². The molecule has 6 heteroatoms. The third-order valence-electron chi connectivity index (χ3n) is 4.80. The molecule has 1 aromatic rings. The summed E-state index contributed by atoms with van der Waals surface area (Å²) in [6, 6.07) is 11.4. The van der Waals surface area contributed by atoms with Gasteiger partial charge in [0.25, 0.3) is 0 Å². The second-order valence-electron chi connectivity index (χ2n) is 6.97. The van der Waals surface area contributed by atoms with Crippen molar-refractivity contribution in [1.82, 2.24) is 15.5 Å². The maximum absolute atomic E-state index is 5.53. The number of nitrogens with one attached hydrogen (secondary N) is 2. The van der Waals surface area contributed by atoms with E-state index in [4.69, 9.17) is 9.73 Å². The van der Waals surface area contributed by atoms with E-state index in [1.807, 2.05) is 0 Å². The van der Waals surface area contributed by atoms with Crippen molar-refractivity contribution < 1.29 is 4.74 Å². The molecule has 0 saturated carbocycles. The maximum Gasteiger partial charge on any atom is 0.191 e. The number of benzene rings is 1. The third-order valence-corrected chi connectivity index (χ3v) is 4.80. The lowest BCUT2D eigenvalue weighted by Gasteiger charge is -2.34. The molecule has 2 rings (SSSR count). The first-order valence-electron chi connectivity index (χ1n) is 9.53. The summed E-state index contributed by atoms with van der Waals surface area (Å²) in [7, 11) is 0. The Morgan fingerprint density at radius 1 is 1.15 bits per heavy atom. The first kappa shape index (κ1) is 23.2. The molecule has 0 aromatic heterocycles. The Bertz CT molecular complexity index is 518. The number of aliphatic imine (C=N–C) groups is 1. The maximum atomic E-state index is 5.53. The van der Waals surface area contributed by atoms with Crippen LogP contribution in [0, 0.1) is 5.92 Å². The molecule has 2 atom stereocenters. The number of rotatable bonds is 7. The standard InChI is InChI=1S/C20H34N4O.HI/c1-5-21-20(23-17(4)16(2)3)22-15-19(18-9-7-6-8-10-18)24-11-13-25-14-12-24;/h6-10,16-17,19H,5,11-15H2,1-4H3,(H2,21,22,23);1H. The van der Waals surface area contributed by atoms with E-state index in [0.29, 0.717) is 12.0 Å². The van der Waals surface area contributed by atoms with Gasteiger partial charge in [0.15, 0.2) is 5.96 Å². The molecule has 1 aliphatic heterocycles. The topological polar surface area (TPSA) is 48.9 Å². The Balaban J connectivity index is 0.00000338. The zero-order valence-electron chi connectivity index (χ0n) is 16.6. The van der Waals surface area contributed by atoms with Gasteiger partial charge in [-0.15, -0.1) is 24.0 Å². The highest BCUT2D eigenvalue weighted by Crippen LogP contribution is 2.22. The van der Waals surface area contributed by atoms with E-state index in [1.165, 1.54) is 5.56 Å². The normalized spacial score (nSPS) is 18.1. The minimum absolute atomic E-state index is 0. The Kier molecular flexibility index (Phi) is 11.2. The van der Waals surface area contributed by atoms with E-state index < -0.39 is 0 Å². The first-order valence-corrected chi connectivity index (χ1v) is 9.53. The van der Waals surface area contributed by atoms with Gasteiger partial charge in [-0.3, -0.25) is 9.89 Å². The summed E-state index contributed by atoms with van der Waals surface area (Å²) in [5.74, 6) is 1.46. The highest BCUT2D eigenvalue weighted by Gasteiger charge is 2.22. The van der Waals surface area contributed by atoms with Gasteiger partial charge in [-0.05, 0) is 25.3 Å². The van der Waals surface area contributed by atoms with Crippen LogP contribution in [0.2, 0.25) is 0 Å². The van der Waals surface area contributed by atoms with E-state index in [2.05, 4.69) is 73.6 Å². The largest absolute Gasteiger partial charge is 0.379 e. The molecular formula is C20H35IN4O. The lowest BCUT2D eigenvalue weighted by atomic mass is 10.0. The van der Waals surface area contributed by atoms with Crippen molar-refractivity contribution in [2.45, 2.75) is 39.8 Å². The molecule has 0 amide bonds. The first-order chi connectivity index (χ1) is 12.1. The van der Waals surface area contributed by atoms with E-state index in [0.717, 1.165) is 45.4 Å². The van der Waals surface area contributed by atoms with Crippen molar-refractivity contribution in [2.75, 3.05) is 39.4 Å². The predicted octanol–water partition coefficient (Wildman–Crippen LogP) is 3.28. The summed E-state index contributed by atoms with van der Waals surface area (Å²) in [5, 5.41) is 6.90. The van der Waals surface area contributed by atoms with Crippen LogP contribution in [0.4, 0.5) is 0 Å². The minimum Gasteiger partial charge on any atom is -0.379 e. The van der Waals surface area contributed by atoms with Crippen LogP contribution in [-0.2, 0) is 4.74 Å². The van der Waals surface area contributed by atoms with Crippen LogP contribution < -0.4 is 10.6 Å². The summed E-state index contributed by atoms with van der Waals surface area (Å²) in [4.78, 5) is 7.38. The minimum atomic E-state index is 0. The predicted molar refractivity (Wildman–Crippen MR) is 120 cm³/mol. The molecule has 1 saturated heterocycles. The molecule has 0 radical (unpaired) electrons. The van der Waals surface area contributed by atoms with Crippen molar-refractivity contribution in [3.8, 4) is 0 Å². The number of halogens is 1. The van der Waals surface area contributed by atoms with Crippen LogP contribution in [0.25, 0.3) is 0 Å². The van der Waals surface area contributed by atoms with Gasteiger partial charge in [0, 0.05) is 25.7 Å². The fourth-order valence-corrected chi connectivity index (χ4v) is 2.88. The average molecular weight is 474 g/mol. The highest BCUT2D eigenvalue weighted by atomic mass is 127. The molecule has 1 aliphatic rings. The van der Waals surface area contributed by atoms with Gasteiger partial charge < -0.3 is 15.4 Å². The molecule has 2 N–H and O–H groups in total. The quantitative estimate of drug-likeness (QED) is 0.362. The summed E-state index contributed by atoms with van der Waals surface area (Å²) < 4.78 is 5.53. The molecule has 0 bridgehead atoms. The SMILES string of the molecule is CCNC(=NCC(c1ccccc1)N1CCOCC1)NC(C)C(C)C.I. The molecule has 0 aliphatic carbocycles. The van der Waals surface area contributed by atoms with Crippen LogP contribution in [-0.4, -0.2) is 56.3 Å². The number of ether oxygens (including phenoxy) is 1. The van der Waals surface area contributed by atoms with Gasteiger partial charge in [-0.25, -0.2) is 0 Å². The Hall–Kier alpha value is -0.860. The molecule has 148 valence electrons. The van der Waals surface area contributed by atoms with E-state index >= 15 is 0 Å². The number of hydrogen-bond acceptors (Lipinski definition) is 3. The number of guanidine groups is 1. The average Bonchev–Trinajstić information content (AvgIpc) is 2.63. The van der Waals surface area contributed by atoms with E-state index in [1.54, 1.807) is 0 Å². The van der Waals surface area contributed by atoms with Crippen molar-refractivity contribution in [2.24, 2.45) is 10.9 Å². The summed E-state index contributed by atoms with van der Waals surface area (Å²) >= 11 is 0. The number of hydrogen-bond donors (Lipinski definition) is 2. The lowest BCUT2D eigenvalue weighted by molar-refractivity contribution is 0.0179. The number of nitrogens with zero attached hydrogens (tertiary/aromatic N) is 2. The zero-order chi connectivity index (χ0) is 18.1. The summed E-state index contributed by atoms with van der Waals surface area (Å²) in [5.41, 5.74) is 1.32. The monoisotopic (exact) mass is 474 g/mol. The molecule has 5 nitrogen and oxygen atoms in total. The molecule has 2 unspecified atom stereocenters. The molecule has 1 heterocycles. The molecule has 26 heavy (non-hydrogen) atoms.